The second kappa shape index (κ2) is 9.04. The number of hydrogen-bond acceptors (Lipinski definition) is 8. The number of nitrogens with zero attached hydrogens (tertiary/aromatic N) is 3. The largest absolute Gasteiger partial charge is 0.489 e. The Bertz CT molecular complexity index is 1220. The van der Waals surface area contributed by atoms with E-state index in [1.165, 1.54) is 23.7 Å². The Morgan fingerprint density at radius 2 is 1.97 bits per heavy atom. The van der Waals surface area contributed by atoms with Crippen LogP contribution in [0.1, 0.15) is 35.3 Å². The van der Waals surface area contributed by atoms with Crippen molar-refractivity contribution in [3.63, 3.8) is 0 Å². The molecule has 2 N–H and O–H groups in total. The molecule has 6 nitrogen and oxygen atoms in total. The number of hydrogen-bond donors (Lipinski definition) is 2. The van der Waals surface area contributed by atoms with Crippen LogP contribution in [0.2, 0.25) is 0 Å². The van der Waals surface area contributed by atoms with E-state index in [9.17, 15) is 13.9 Å². The van der Waals surface area contributed by atoms with Crippen molar-refractivity contribution < 1.29 is 18.6 Å². The number of aromatic nitrogens is 2. The molecule has 0 aliphatic carbocycles. The van der Waals surface area contributed by atoms with Crippen LogP contribution in [-0.2, 0) is 0 Å². The van der Waals surface area contributed by atoms with E-state index < -0.39 is 23.3 Å². The first-order valence-corrected chi connectivity index (χ1v) is 11.0. The number of fused-ring (bicyclic) bond motifs is 1. The predicted molar refractivity (Wildman–Crippen MR) is 119 cm³/mol. The molecule has 0 bridgehead atoms. The second-order valence-corrected chi connectivity index (χ2v) is 8.82. The Hall–Kier alpha value is -2.95. The number of anilines is 1. The monoisotopic (exact) mass is 460 g/mol. The van der Waals surface area contributed by atoms with Crippen molar-refractivity contribution in [3.05, 3.63) is 69.0 Å². The van der Waals surface area contributed by atoms with Crippen molar-refractivity contribution in [1.29, 1.82) is 0 Å². The zero-order chi connectivity index (χ0) is 22.0. The minimum absolute atomic E-state index is 0.0474. The van der Waals surface area contributed by atoms with E-state index >= 15 is 0 Å². The zero-order valence-corrected chi connectivity index (χ0v) is 18.2. The summed E-state index contributed by atoms with van der Waals surface area (Å²) in [4.78, 5) is 10.1. The standard InChI is InChI=1S/C21H18F2N4O2S2/c1-11(2)29-15-6-7-30-17(15)9-26-27-20-12-8-16(31-21(12)25-10-24-20)19(28)18-13(22)4-3-5-14(18)23/h3-11,19,28H,1-2H3,(H,24,25,27). The number of rotatable bonds is 7. The van der Waals surface area contributed by atoms with Gasteiger partial charge < -0.3 is 9.84 Å². The first-order valence-electron chi connectivity index (χ1n) is 9.33. The molecule has 4 aromatic rings. The number of aliphatic hydroxyl groups excluding tert-OH is 1. The van der Waals surface area contributed by atoms with Gasteiger partial charge in [-0.25, -0.2) is 18.7 Å². The van der Waals surface area contributed by atoms with Gasteiger partial charge in [0.1, 0.15) is 34.6 Å². The molecule has 0 spiro atoms. The molecule has 0 amide bonds. The molecule has 0 saturated carbocycles. The molecule has 0 saturated heterocycles. The van der Waals surface area contributed by atoms with Crippen LogP contribution in [0.3, 0.4) is 0 Å². The molecule has 0 aliphatic heterocycles. The highest BCUT2D eigenvalue weighted by molar-refractivity contribution is 7.18. The number of nitrogens with one attached hydrogen (secondary N) is 1. The van der Waals surface area contributed by atoms with Gasteiger partial charge in [-0.1, -0.05) is 6.07 Å². The Morgan fingerprint density at radius 3 is 2.71 bits per heavy atom. The fraction of sp³-hybridized carbons (Fsp3) is 0.190. The Balaban J connectivity index is 1.59. The van der Waals surface area contributed by atoms with Crippen LogP contribution in [0, 0.1) is 11.6 Å². The van der Waals surface area contributed by atoms with Crippen LogP contribution in [0.15, 0.2) is 47.1 Å². The zero-order valence-electron chi connectivity index (χ0n) is 16.5. The predicted octanol–water partition coefficient (Wildman–Crippen LogP) is 5.35. The highest BCUT2D eigenvalue weighted by Gasteiger charge is 2.22. The van der Waals surface area contributed by atoms with Crippen molar-refractivity contribution in [1.82, 2.24) is 9.97 Å². The lowest BCUT2D eigenvalue weighted by atomic mass is 10.1. The molecule has 0 radical (unpaired) electrons. The van der Waals surface area contributed by atoms with Crippen LogP contribution < -0.4 is 10.2 Å². The molecule has 0 fully saturated rings. The van der Waals surface area contributed by atoms with Gasteiger partial charge in [-0.3, -0.25) is 5.43 Å². The molecule has 3 heterocycles. The first-order chi connectivity index (χ1) is 14.9. The van der Waals surface area contributed by atoms with Crippen LogP contribution in [0.25, 0.3) is 10.2 Å². The van der Waals surface area contributed by atoms with Gasteiger partial charge in [0.05, 0.1) is 28.1 Å². The lowest BCUT2D eigenvalue weighted by molar-refractivity contribution is 0.213. The van der Waals surface area contributed by atoms with E-state index in [1.54, 1.807) is 12.3 Å². The third-order valence-corrected chi connectivity index (χ3v) is 6.19. The third-order valence-electron chi connectivity index (χ3n) is 4.26. The molecule has 31 heavy (non-hydrogen) atoms. The molecule has 0 aliphatic rings. The average molecular weight is 461 g/mol. The molecule has 10 heteroatoms. The first kappa shape index (κ1) is 21.3. The highest BCUT2D eigenvalue weighted by Crippen LogP contribution is 2.36. The van der Waals surface area contributed by atoms with Crippen molar-refractivity contribution in [2.45, 2.75) is 26.1 Å². The van der Waals surface area contributed by atoms with Gasteiger partial charge in [0.2, 0.25) is 0 Å². The van der Waals surface area contributed by atoms with E-state index in [0.29, 0.717) is 20.9 Å². The third kappa shape index (κ3) is 4.55. The Labute approximate surface area is 184 Å². The molecule has 3 aromatic heterocycles. The molecular formula is C21H18F2N4O2S2. The topological polar surface area (TPSA) is 79.6 Å². The average Bonchev–Trinajstić information content (AvgIpc) is 3.35. The maximum atomic E-state index is 14.1. The Morgan fingerprint density at radius 1 is 1.19 bits per heavy atom. The van der Waals surface area contributed by atoms with E-state index in [0.717, 1.165) is 34.1 Å². The van der Waals surface area contributed by atoms with E-state index in [1.807, 2.05) is 25.3 Å². The van der Waals surface area contributed by atoms with Crippen LogP contribution in [0.4, 0.5) is 14.6 Å². The number of aliphatic hydroxyl groups is 1. The normalized spacial score (nSPS) is 12.7. The minimum Gasteiger partial charge on any atom is -0.489 e. The Kier molecular flexibility index (Phi) is 6.21. The summed E-state index contributed by atoms with van der Waals surface area (Å²) < 4.78 is 33.9. The summed E-state index contributed by atoms with van der Waals surface area (Å²) in [5.74, 6) is -0.470. The lowest BCUT2D eigenvalue weighted by Crippen LogP contribution is -2.06. The molecule has 1 aromatic carbocycles. The molecule has 1 atom stereocenters. The number of benzene rings is 1. The van der Waals surface area contributed by atoms with Crippen LogP contribution in [-0.4, -0.2) is 27.4 Å². The summed E-state index contributed by atoms with van der Waals surface area (Å²) in [5, 5.41) is 17.3. The maximum Gasteiger partial charge on any atom is 0.158 e. The minimum atomic E-state index is -1.46. The SMILES string of the molecule is CC(C)Oc1ccsc1C=NNc1ncnc2sc(C(O)c3c(F)cccc3F)cc12. The number of ether oxygens (including phenoxy) is 1. The summed E-state index contributed by atoms with van der Waals surface area (Å²) in [6, 6.07) is 6.95. The fourth-order valence-corrected chi connectivity index (χ4v) is 4.60. The summed E-state index contributed by atoms with van der Waals surface area (Å²) in [7, 11) is 0. The maximum absolute atomic E-state index is 14.1. The van der Waals surface area contributed by atoms with Gasteiger partial charge in [-0.05, 0) is 43.5 Å². The van der Waals surface area contributed by atoms with Gasteiger partial charge in [-0.15, -0.1) is 22.7 Å². The molecule has 1 unspecified atom stereocenters. The summed E-state index contributed by atoms with van der Waals surface area (Å²) in [6.07, 6.45) is 1.58. The molecule has 160 valence electrons. The summed E-state index contributed by atoms with van der Waals surface area (Å²) in [5.41, 5.74) is 2.47. The van der Waals surface area contributed by atoms with Crippen molar-refractivity contribution >= 4 is 44.9 Å². The number of thiophene rings is 2. The quantitative estimate of drug-likeness (QED) is 0.287. The van der Waals surface area contributed by atoms with Crippen molar-refractivity contribution in [3.8, 4) is 5.75 Å². The highest BCUT2D eigenvalue weighted by atomic mass is 32.1. The van der Waals surface area contributed by atoms with Crippen LogP contribution in [0.5, 0.6) is 5.75 Å². The van der Waals surface area contributed by atoms with E-state index in [-0.39, 0.29) is 6.10 Å². The van der Waals surface area contributed by atoms with Gasteiger partial charge >= 0.3 is 0 Å². The van der Waals surface area contributed by atoms with Crippen molar-refractivity contribution in [2.24, 2.45) is 5.10 Å². The van der Waals surface area contributed by atoms with Gasteiger partial charge in [0.25, 0.3) is 0 Å². The second-order valence-electron chi connectivity index (χ2n) is 6.81. The van der Waals surface area contributed by atoms with Crippen LogP contribution >= 0.6 is 22.7 Å². The molecule has 4 rings (SSSR count). The lowest BCUT2D eigenvalue weighted by Gasteiger charge is -2.10. The number of hydrazone groups is 1. The fourth-order valence-electron chi connectivity index (χ4n) is 2.92. The van der Waals surface area contributed by atoms with Gasteiger partial charge in [0, 0.05) is 4.88 Å². The summed E-state index contributed by atoms with van der Waals surface area (Å²) in [6.45, 7) is 3.90. The van der Waals surface area contributed by atoms with E-state index in [4.69, 9.17) is 4.74 Å². The smallest absolute Gasteiger partial charge is 0.158 e. The van der Waals surface area contributed by atoms with Crippen molar-refractivity contribution in [2.75, 3.05) is 5.43 Å². The van der Waals surface area contributed by atoms with E-state index in [2.05, 4.69) is 20.5 Å². The summed E-state index contributed by atoms with van der Waals surface area (Å²) >= 11 is 2.62. The van der Waals surface area contributed by atoms with Gasteiger partial charge in [0.15, 0.2) is 5.82 Å². The van der Waals surface area contributed by atoms with Gasteiger partial charge in [-0.2, -0.15) is 5.10 Å². The number of halogens is 2. The molecular weight excluding hydrogens is 442 g/mol.